The molecule has 0 spiro atoms. The predicted molar refractivity (Wildman–Crippen MR) is 76.8 cm³/mol. The molecule has 1 heterocycles. The lowest BCUT2D eigenvalue weighted by Gasteiger charge is -2.25. The van der Waals surface area contributed by atoms with Crippen LogP contribution in [0.15, 0.2) is 18.2 Å². The number of likely N-dealkylation sites (N-methyl/N-ethyl adjacent to an activating group) is 1. The third kappa shape index (κ3) is 2.25. The number of amides is 1. The van der Waals surface area contributed by atoms with Gasteiger partial charge in [0.2, 0.25) is 0 Å². The van der Waals surface area contributed by atoms with Gasteiger partial charge >= 0.3 is 0 Å². The highest BCUT2D eigenvalue weighted by atomic mass is 16.2. The highest BCUT2D eigenvalue weighted by molar-refractivity contribution is 6.52. The number of fused-ring (bicyclic) bond motifs is 1. The van der Waals surface area contributed by atoms with Gasteiger partial charge in [0.05, 0.1) is 23.2 Å². The van der Waals surface area contributed by atoms with E-state index in [2.05, 4.69) is 11.0 Å². The van der Waals surface area contributed by atoms with E-state index in [-0.39, 0.29) is 5.92 Å². The molecule has 1 aromatic carbocycles. The average Bonchev–Trinajstić information content (AvgIpc) is 2.69. The Kier molecular flexibility index (Phi) is 3.75. The van der Waals surface area contributed by atoms with E-state index in [1.54, 1.807) is 13.1 Å². The van der Waals surface area contributed by atoms with E-state index in [4.69, 9.17) is 5.26 Å². The molecule has 104 valence electrons. The minimum atomic E-state index is -0.495. The lowest BCUT2D eigenvalue weighted by atomic mass is 10.1. The Bertz CT molecular complexity index is 604. The number of nitrogens with zero attached hydrogens (tertiary/aromatic N) is 3. The van der Waals surface area contributed by atoms with Gasteiger partial charge in [-0.25, -0.2) is 0 Å². The molecule has 5 nitrogen and oxygen atoms in total. The fourth-order valence-corrected chi connectivity index (χ4v) is 2.35. The first-order valence-electron chi connectivity index (χ1n) is 6.60. The van der Waals surface area contributed by atoms with Gasteiger partial charge in [-0.1, -0.05) is 0 Å². The summed E-state index contributed by atoms with van der Waals surface area (Å²) in [6.45, 7) is 5.26. The van der Waals surface area contributed by atoms with Crippen molar-refractivity contribution in [1.29, 1.82) is 5.26 Å². The standard InChI is InChI=1S/C15H17N3O2/c1-4-18(9-10(2)8-16)11-5-6-12-13(7-11)17(3)15(20)14(12)19/h5-7,10H,4,9H2,1-3H3. The van der Waals surface area contributed by atoms with Crippen molar-refractivity contribution in [2.24, 2.45) is 5.92 Å². The van der Waals surface area contributed by atoms with Crippen molar-refractivity contribution in [3.63, 3.8) is 0 Å². The van der Waals surface area contributed by atoms with Gasteiger partial charge in [0.1, 0.15) is 0 Å². The van der Waals surface area contributed by atoms with Crippen LogP contribution in [0.4, 0.5) is 11.4 Å². The molecule has 1 amide bonds. The van der Waals surface area contributed by atoms with Gasteiger partial charge in [0.15, 0.2) is 0 Å². The summed E-state index contributed by atoms with van der Waals surface area (Å²) in [4.78, 5) is 26.8. The van der Waals surface area contributed by atoms with Crippen LogP contribution < -0.4 is 9.80 Å². The summed E-state index contributed by atoms with van der Waals surface area (Å²) < 4.78 is 0. The first-order valence-corrected chi connectivity index (χ1v) is 6.60. The van der Waals surface area contributed by atoms with Gasteiger partial charge in [-0.05, 0) is 32.0 Å². The summed E-state index contributed by atoms with van der Waals surface area (Å²) in [5, 5.41) is 8.92. The zero-order valence-corrected chi connectivity index (χ0v) is 11.9. The third-order valence-electron chi connectivity index (χ3n) is 3.55. The van der Waals surface area contributed by atoms with E-state index in [1.807, 2.05) is 26.0 Å². The molecule has 1 aliphatic rings. The lowest BCUT2D eigenvalue weighted by molar-refractivity contribution is -0.114. The van der Waals surface area contributed by atoms with Crippen LogP contribution in [0.3, 0.4) is 0 Å². The van der Waals surface area contributed by atoms with E-state index in [1.165, 1.54) is 4.90 Å². The summed E-state index contributed by atoms with van der Waals surface area (Å²) in [6.07, 6.45) is 0. The van der Waals surface area contributed by atoms with Crippen LogP contribution in [0.25, 0.3) is 0 Å². The second kappa shape index (κ2) is 5.33. The third-order valence-corrected chi connectivity index (χ3v) is 3.55. The fourth-order valence-electron chi connectivity index (χ4n) is 2.35. The summed E-state index contributed by atoms with van der Waals surface area (Å²) in [5.41, 5.74) is 2.01. The molecule has 0 saturated heterocycles. The number of hydrogen-bond acceptors (Lipinski definition) is 4. The Labute approximate surface area is 118 Å². The van der Waals surface area contributed by atoms with Crippen LogP contribution in [0.1, 0.15) is 24.2 Å². The Morgan fingerprint density at radius 1 is 1.40 bits per heavy atom. The molecule has 0 fully saturated rings. The molecule has 0 aromatic heterocycles. The van der Waals surface area contributed by atoms with Crippen molar-refractivity contribution in [3.05, 3.63) is 23.8 Å². The highest BCUT2D eigenvalue weighted by Gasteiger charge is 2.33. The normalized spacial score (nSPS) is 15.0. The molecule has 2 rings (SSSR count). The number of carbonyl (C=O) groups is 2. The van der Waals surface area contributed by atoms with Gasteiger partial charge < -0.3 is 9.80 Å². The van der Waals surface area contributed by atoms with E-state index in [9.17, 15) is 9.59 Å². The summed E-state index contributed by atoms with van der Waals surface area (Å²) in [6, 6.07) is 7.57. The lowest BCUT2D eigenvalue weighted by Crippen LogP contribution is -2.28. The molecule has 0 saturated carbocycles. The van der Waals surface area contributed by atoms with Crippen LogP contribution in [0.5, 0.6) is 0 Å². The SMILES string of the molecule is CCN(CC(C)C#N)c1ccc2c(c1)N(C)C(=O)C2=O. The van der Waals surface area contributed by atoms with Crippen molar-refractivity contribution < 1.29 is 9.59 Å². The Balaban J connectivity index is 2.34. The summed E-state index contributed by atoms with van der Waals surface area (Å²) in [7, 11) is 1.60. The van der Waals surface area contributed by atoms with Crippen LogP contribution >= 0.6 is 0 Å². The fraction of sp³-hybridized carbons (Fsp3) is 0.400. The van der Waals surface area contributed by atoms with Gasteiger partial charge in [0, 0.05) is 25.8 Å². The summed E-state index contributed by atoms with van der Waals surface area (Å²) >= 11 is 0. The molecule has 0 N–H and O–H groups in total. The smallest absolute Gasteiger partial charge is 0.299 e. The van der Waals surface area contributed by atoms with E-state index in [0.29, 0.717) is 17.8 Å². The number of ketones is 1. The molecular formula is C15H17N3O2. The molecule has 0 bridgehead atoms. The maximum atomic E-state index is 11.7. The molecule has 0 radical (unpaired) electrons. The Morgan fingerprint density at radius 3 is 2.70 bits per heavy atom. The number of benzene rings is 1. The van der Waals surface area contributed by atoms with E-state index >= 15 is 0 Å². The minimum Gasteiger partial charge on any atom is -0.370 e. The van der Waals surface area contributed by atoms with Crippen molar-refractivity contribution in [2.45, 2.75) is 13.8 Å². The Morgan fingerprint density at radius 2 is 2.10 bits per heavy atom. The molecule has 1 atom stereocenters. The average molecular weight is 271 g/mol. The minimum absolute atomic E-state index is 0.0794. The van der Waals surface area contributed by atoms with Gasteiger partial charge in [-0.3, -0.25) is 9.59 Å². The van der Waals surface area contributed by atoms with Gasteiger partial charge in [-0.15, -0.1) is 0 Å². The van der Waals surface area contributed by atoms with E-state index in [0.717, 1.165) is 12.2 Å². The number of carbonyl (C=O) groups excluding carboxylic acids is 2. The van der Waals surface area contributed by atoms with Crippen molar-refractivity contribution in [2.75, 3.05) is 29.9 Å². The van der Waals surface area contributed by atoms with Crippen LogP contribution in [0, 0.1) is 17.2 Å². The topological polar surface area (TPSA) is 64.4 Å². The second-order valence-electron chi connectivity index (χ2n) is 4.96. The number of rotatable bonds is 4. The Hall–Kier alpha value is -2.35. The number of hydrogen-bond donors (Lipinski definition) is 0. The molecule has 1 unspecified atom stereocenters. The molecule has 0 aliphatic carbocycles. The number of Topliss-reactive ketones (excluding diaryl/α,β-unsaturated/α-hetero) is 1. The number of nitriles is 1. The zero-order valence-electron chi connectivity index (χ0n) is 11.9. The van der Waals surface area contributed by atoms with Crippen LogP contribution in [-0.2, 0) is 4.79 Å². The van der Waals surface area contributed by atoms with Crippen molar-refractivity contribution in [3.8, 4) is 6.07 Å². The largest absolute Gasteiger partial charge is 0.370 e. The maximum Gasteiger partial charge on any atom is 0.299 e. The van der Waals surface area contributed by atoms with Gasteiger partial charge in [-0.2, -0.15) is 5.26 Å². The quantitative estimate of drug-likeness (QED) is 0.784. The maximum absolute atomic E-state index is 11.7. The highest BCUT2D eigenvalue weighted by Crippen LogP contribution is 2.32. The van der Waals surface area contributed by atoms with Crippen molar-refractivity contribution in [1.82, 2.24) is 0 Å². The first-order chi connectivity index (χ1) is 9.49. The van der Waals surface area contributed by atoms with Crippen molar-refractivity contribution >= 4 is 23.1 Å². The first kappa shape index (κ1) is 14.1. The second-order valence-corrected chi connectivity index (χ2v) is 4.96. The monoisotopic (exact) mass is 271 g/mol. The molecule has 1 aliphatic heterocycles. The summed E-state index contributed by atoms with van der Waals surface area (Å²) in [5.74, 6) is -1.03. The van der Waals surface area contributed by atoms with Crippen LogP contribution in [0.2, 0.25) is 0 Å². The predicted octanol–water partition coefficient (Wildman–Crippen LogP) is 1.83. The van der Waals surface area contributed by atoms with E-state index < -0.39 is 11.7 Å². The molecule has 1 aromatic rings. The van der Waals surface area contributed by atoms with Crippen LogP contribution in [-0.4, -0.2) is 31.8 Å². The van der Waals surface area contributed by atoms with Gasteiger partial charge in [0.25, 0.3) is 11.7 Å². The molecule has 20 heavy (non-hydrogen) atoms. The molecular weight excluding hydrogens is 254 g/mol. The molecule has 5 heteroatoms. The number of anilines is 2. The zero-order chi connectivity index (χ0) is 14.9.